The first kappa shape index (κ1) is 15.2. The summed E-state index contributed by atoms with van der Waals surface area (Å²) in [5.41, 5.74) is 0.312. The summed E-state index contributed by atoms with van der Waals surface area (Å²) in [5.74, 6) is 0.520. The third kappa shape index (κ3) is 2.08. The van der Waals surface area contributed by atoms with Crippen LogP contribution in [0.5, 0.6) is 0 Å². The van der Waals surface area contributed by atoms with Gasteiger partial charge in [-0.3, -0.25) is 0 Å². The molecule has 2 nitrogen and oxygen atoms in total. The van der Waals surface area contributed by atoms with Gasteiger partial charge in [-0.25, -0.2) is 0 Å². The zero-order valence-corrected chi connectivity index (χ0v) is 14.1. The summed E-state index contributed by atoms with van der Waals surface area (Å²) in [4.78, 5) is 0. The second kappa shape index (κ2) is 5.32. The van der Waals surface area contributed by atoms with Crippen LogP contribution < -0.4 is 0 Å². The van der Waals surface area contributed by atoms with Crippen LogP contribution in [0.1, 0.15) is 44.6 Å². The largest absolute Gasteiger partial charge is 0.389 e. The molecule has 2 saturated carbocycles. The van der Waals surface area contributed by atoms with Crippen LogP contribution in [0, 0.1) is 11.8 Å². The zero-order chi connectivity index (χ0) is 16.1. The maximum absolute atomic E-state index is 11.2. The number of methoxy groups -OCH3 is 1. The van der Waals surface area contributed by atoms with E-state index in [0.29, 0.717) is 5.92 Å². The molecule has 0 amide bonds. The van der Waals surface area contributed by atoms with Crippen molar-refractivity contribution < 1.29 is 9.84 Å². The molecular formula is C21H26O2. The summed E-state index contributed by atoms with van der Waals surface area (Å²) in [7, 11) is 1.83. The Balaban J connectivity index is 1.87. The number of fused-ring (bicyclic) bond motifs is 2. The van der Waals surface area contributed by atoms with E-state index in [4.69, 9.17) is 4.74 Å². The Morgan fingerprint density at radius 1 is 1.09 bits per heavy atom. The molecule has 0 heterocycles. The molecule has 2 aromatic rings. The Kier molecular flexibility index (Phi) is 3.51. The number of rotatable bonds is 2. The van der Waals surface area contributed by atoms with E-state index in [1.54, 1.807) is 0 Å². The Bertz CT molecular complexity index is 725. The lowest BCUT2D eigenvalue weighted by molar-refractivity contribution is -0.127. The maximum atomic E-state index is 11.2. The van der Waals surface area contributed by atoms with Crippen LogP contribution in [0.2, 0.25) is 0 Å². The average Bonchev–Trinajstić information content (AvgIpc) is 2.81. The summed E-state index contributed by atoms with van der Waals surface area (Å²) in [6.45, 7) is 2.25. The summed E-state index contributed by atoms with van der Waals surface area (Å²) >= 11 is 0. The standard InChI is InChI=1S/C21H26O2/c1-15-14-20(22)12-6-5-9-19(20)21(15,23-2)18-11-10-16-7-3-4-8-17(16)13-18/h3-4,7-8,10-11,13,15,19,22H,5-6,9,12,14H2,1-2H3/t15-,19+,20+,21+/m0/s1. The number of aliphatic hydroxyl groups is 1. The van der Waals surface area contributed by atoms with E-state index >= 15 is 0 Å². The van der Waals surface area contributed by atoms with Crippen LogP contribution in [-0.4, -0.2) is 17.8 Å². The zero-order valence-electron chi connectivity index (χ0n) is 14.1. The smallest absolute Gasteiger partial charge is 0.101 e. The van der Waals surface area contributed by atoms with E-state index in [2.05, 4.69) is 49.4 Å². The minimum atomic E-state index is -0.556. The van der Waals surface area contributed by atoms with E-state index in [1.165, 1.54) is 22.8 Å². The summed E-state index contributed by atoms with van der Waals surface area (Å²) in [6.07, 6.45) is 5.15. The fourth-order valence-corrected chi connectivity index (χ4v) is 5.49. The SMILES string of the molecule is CO[C@]1(c2ccc3ccccc3c2)[C@@H]2CCCC[C@@]2(O)C[C@@H]1C. The van der Waals surface area contributed by atoms with Gasteiger partial charge < -0.3 is 9.84 Å². The van der Waals surface area contributed by atoms with Crippen molar-refractivity contribution in [2.75, 3.05) is 7.11 Å². The highest BCUT2D eigenvalue weighted by molar-refractivity contribution is 5.83. The lowest BCUT2D eigenvalue weighted by Crippen LogP contribution is -2.46. The monoisotopic (exact) mass is 310 g/mol. The molecule has 2 fully saturated rings. The van der Waals surface area contributed by atoms with Crippen molar-refractivity contribution in [1.82, 2.24) is 0 Å². The molecule has 0 aliphatic heterocycles. The first-order chi connectivity index (χ1) is 11.1. The van der Waals surface area contributed by atoms with Gasteiger partial charge in [0.25, 0.3) is 0 Å². The van der Waals surface area contributed by atoms with Gasteiger partial charge in [-0.05, 0) is 47.6 Å². The molecule has 0 bridgehead atoms. The van der Waals surface area contributed by atoms with Crippen LogP contribution in [-0.2, 0) is 10.3 Å². The molecule has 1 N–H and O–H groups in total. The molecule has 23 heavy (non-hydrogen) atoms. The minimum absolute atomic E-state index is 0.199. The molecule has 0 unspecified atom stereocenters. The Morgan fingerprint density at radius 2 is 1.87 bits per heavy atom. The lowest BCUT2D eigenvalue weighted by Gasteiger charge is -2.44. The Morgan fingerprint density at radius 3 is 2.65 bits per heavy atom. The molecule has 2 heteroatoms. The first-order valence-corrected chi connectivity index (χ1v) is 8.87. The number of benzene rings is 2. The lowest BCUT2D eigenvalue weighted by atomic mass is 9.69. The van der Waals surface area contributed by atoms with E-state index in [9.17, 15) is 5.11 Å². The van der Waals surface area contributed by atoms with Gasteiger partial charge >= 0.3 is 0 Å². The molecule has 4 atom stereocenters. The van der Waals surface area contributed by atoms with Gasteiger partial charge in [0.05, 0.1) is 5.60 Å². The van der Waals surface area contributed by atoms with Crippen molar-refractivity contribution in [1.29, 1.82) is 0 Å². The minimum Gasteiger partial charge on any atom is -0.389 e. The second-order valence-electron chi connectivity index (χ2n) is 7.57. The van der Waals surface area contributed by atoms with Gasteiger partial charge in [-0.2, -0.15) is 0 Å². The van der Waals surface area contributed by atoms with Crippen LogP contribution in [0.15, 0.2) is 42.5 Å². The van der Waals surface area contributed by atoms with E-state index < -0.39 is 5.60 Å². The topological polar surface area (TPSA) is 29.5 Å². The summed E-state index contributed by atoms with van der Waals surface area (Å²) in [6, 6.07) is 15.1. The molecule has 0 radical (unpaired) electrons. The highest BCUT2D eigenvalue weighted by Gasteiger charge is 2.61. The van der Waals surface area contributed by atoms with Crippen LogP contribution >= 0.6 is 0 Å². The van der Waals surface area contributed by atoms with Crippen LogP contribution in [0.4, 0.5) is 0 Å². The molecule has 2 aromatic carbocycles. The number of hydrogen-bond donors (Lipinski definition) is 1. The molecule has 2 aliphatic rings. The van der Waals surface area contributed by atoms with Gasteiger partial charge in [0.15, 0.2) is 0 Å². The predicted molar refractivity (Wildman–Crippen MR) is 93.3 cm³/mol. The van der Waals surface area contributed by atoms with E-state index in [0.717, 1.165) is 25.7 Å². The van der Waals surface area contributed by atoms with Crippen LogP contribution in [0.3, 0.4) is 0 Å². The Hall–Kier alpha value is -1.38. The molecular weight excluding hydrogens is 284 g/mol. The van der Waals surface area contributed by atoms with Crippen molar-refractivity contribution in [3.8, 4) is 0 Å². The summed E-state index contributed by atoms with van der Waals surface area (Å²) in [5, 5.41) is 13.7. The normalized spacial score (nSPS) is 37.0. The average molecular weight is 310 g/mol. The van der Waals surface area contributed by atoms with Crippen LogP contribution in [0.25, 0.3) is 10.8 Å². The fourth-order valence-electron chi connectivity index (χ4n) is 5.49. The van der Waals surface area contributed by atoms with E-state index in [1.807, 2.05) is 7.11 Å². The van der Waals surface area contributed by atoms with E-state index in [-0.39, 0.29) is 11.5 Å². The molecule has 0 saturated heterocycles. The first-order valence-electron chi connectivity index (χ1n) is 8.87. The van der Waals surface area contributed by atoms with Crippen molar-refractivity contribution in [3.63, 3.8) is 0 Å². The van der Waals surface area contributed by atoms with Crippen molar-refractivity contribution in [2.24, 2.45) is 11.8 Å². The van der Waals surface area contributed by atoms with Crippen molar-refractivity contribution in [3.05, 3.63) is 48.0 Å². The fraction of sp³-hybridized carbons (Fsp3) is 0.524. The molecule has 4 rings (SSSR count). The van der Waals surface area contributed by atoms with Gasteiger partial charge in [-0.1, -0.05) is 56.2 Å². The van der Waals surface area contributed by atoms with Gasteiger partial charge in [0.2, 0.25) is 0 Å². The molecule has 122 valence electrons. The third-order valence-corrected chi connectivity index (χ3v) is 6.45. The second-order valence-corrected chi connectivity index (χ2v) is 7.57. The third-order valence-electron chi connectivity index (χ3n) is 6.45. The van der Waals surface area contributed by atoms with Gasteiger partial charge in [-0.15, -0.1) is 0 Å². The van der Waals surface area contributed by atoms with Gasteiger partial charge in [0, 0.05) is 13.0 Å². The highest BCUT2D eigenvalue weighted by Crippen LogP contribution is 2.59. The predicted octanol–water partition coefficient (Wildman–Crippen LogP) is 4.64. The molecule has 2 aliphatic carbocycles. The van der Waals surface area contributed by atoms with Gasteiger partial charge in [0.1, 0.15) is 5.60 Å². The highest BCUT2D eigenvalue weighted by atomic mass is 16.5. The van der Waals surface area contributed by atoms with Crippen molar-refractivity contribution in [2.45, 2.75) is 50.2 Å². The quantitative estimate of drug-likeness (QED) is 0.875. The number of hydrogen-bond acceptors (Lipinski definition) is 2. The summed E-state index contributed by atoms with van der Waals surface area (Å²) < 4.78 is 6.22. The van der Waals surface area contributed by atoms with Crippen molar-refractivity contribution >= 4 is 10.8 Å². The number of ether oxygens (including phenoxy) is 1. The molecule has 0 aromatic heterocycles. The molecule has 0 spiro atoms. The maximum Gasteiger partial charge on any atom is 0.101 e. The Labute approximate surface area is 138 Å².